The highest BCUT2D eigenvalue weighted by Gasteiger charge is 2.09. The number of nitrogens with zero attached hydrogens (tertiary/aromatic N) is 2. The molecule has 2 aromatic carbocycles. The Morgan fingerprint density at radius 3 is 2.65 bits per heavy atom. The van der Waals surface area contributed by atoms with Crippen LogP contribution in [-0.2, 0) is 11.2 Å². The van der Waals surface area contributed by atoms with Crippen molar-refractivity contribution in [3.63, 3.8) is 0 Å². The molecule has 0 spiro atoms. The first kappa shape index (κ1) is 17.9. The molecule has 3 rings (SSSR count). The van der Waals surface area contributed by atoms with Crippen LogP contribution in [0.3, 0.4) is 0 Å². The van der Waals surface area contributed by atoms with Crippen molar-refractivity contribution in [3.05, 3.63) is 70.1 Å². The van der Waals surface area contributed by atoms with E-state index in [9.17, 15) is 9.59 Å². The normalized spacial score (nSPS) is 10.8. The van der Waals surface area contributed by atoms with Crippen LogP contribution in [0.5, 0.6) is 0 Å². The van der Waals surface area contributed by atoms with Gasteiger partial charge in [0.25, 0.3) is 5.56 Å². The number of carbonyl (C=O) groups excluding carboxylic acids is 1. The van der Waals surface area contributed by atoms with Crippen LogP contribution in [0.25, 0.3) is 10.8 Å². The van der Waals surface area contributed by atoms with Gasteiger partial charge in [-0.2, -0.15) is 5.10 Å². The van der Waals surface area contributed by atoms with E-state index in [2.05, 4.69) is 17.1 Å². The fraction of sp³-hybridized carbons (Fsp3) is 0.286. The van der Waals surface area contributed by atoms with E-state index in [1.807, 2.05) is 42.5 Å². The van der Waals surface area contributed by atoms with Gasteiger partial charge in [-0.3, -0.25) is 9.59 Å². The van der Waals surface area contributed by atoms with Gasteiger partial charge in [-0.1, -0.05) is 50.1 Å². The highest BCUT2D eigenvalue weighted by molar-refractivity contribution is 5.83. The largest absolute Gasteiger partial charge is 0.315 e. The Balaban J connectivity index is 1.86. The Bertz CT molecular complexity index is 949. The zero-order chi connectivity index (χ0) is 18.4. The molecule has 0 bridgehead atoms. The first-order chi connectivity index (χ1) is 12.7. The molecule has 5 heteroatoms. The van der Waals surface area contributed by atoms with Crippen LogP contribution in [0.4, 0.5) is 5.69 Å². The van der Waals surface area contributed by atoms with E-state index in [4.69, 9.17) is 0 Å². The van der Waals surface area contributed by atoms with E-state index in [1.165, 1.54) is 0 Å². The lowest BCUT2D eigenvalue weighted by Crippen LogP contribution is -2.22. The van der Waals surface area contributed by atoms with E-state index in [0.29, 0.717) is 11.8 Å². The zero-order valence-corrected chi connectivity index (χ0v) is 14.9. The minimum Gasteiger partial charge on any atom is -0.315 e. The fourth-order valence-electron chi connectivity index (χ4n) is 3.12. The Hall–Kier alpha value is -2.95. The van der Waals surface area contributed by atoms with Gasteiger partial charge in [0.15, 0.2) is 0 Å². The number of unbranched alkanes of at least 4 members (excludes halogenated alkanes) is 2. The number of aromatic nitrogens is 2. The predicted octanol–water partition coefficient (Wildman–Crippen LogP) is 3.67. The van der Waals surface area contributed by atoms with Crippen LogP contribution in [0.15, 0.2) is 53.3 Å². The number of H-pyrrole nitrogens is 1. The summed E-state index contributed by atoms with van der Waals surface area (Å²) in [5.74, 6) is 0. The summed E-state index contributed by atoms with van der Waals surface area (Å²) in [7, 11) is 0. The van der Waals surface area contributed by atoms with Gasteiger partial charge in [0.1, 0.15) is 0 Å². The van der Waals surface area contributed by atoms with Crippen LogP contribution in [0, 0.1) is 0 Å². The number of carbonyl (C=O) groups is 1. The average molecular weight is 349 g/mol. The maximum absolute atomic E-state index is 11.9. The summed E-state index contributed by atoms with van der Waals surface area (Å²) in [4.78, 5) is 25.1. The molecule has 0 saturated carbocycles. The molecule has 0 unspecified atom stereocenters. The van der Waals surface area contributed by atoms with Crippen molar-refractivity contribution in [1.82, 2.24) is 10.2 Å². The number of benzene rings is 2. The number of amides is 1. The van der Waals surface area contributed by atoms with Crippen molar-refractivity contribution in [1.29, 1.82) is 0 Å². The third-order valence-electron chi connectivity index (χ3n) is 4.52. The molecule has 0 atom stereocenters. The van der Waals surface area contributed by atoms with Gasteiger partial charge in [0.2, 0.25) is 6.41 Å². The second kappa shape index (κ2) is 8.43. The second-order valence-corrected chi connectivity index (χ2v) is 6.40. The lowest BCUT2D eigenvalue weighted by molar-refractivity contribution is -0.107. The Kier molecular flexibility index (Phi) is 5.79. The Morgan fingerprint density at radius 2 is 1.88 bits per heavy atom. The van der Waals surface area contributed by atoms with Crippen molar-refractivity contribution < 1.29 is 4.79 Å². The molecule has 5 nitrogen and oxygen atoms in total. The number of fused-ring (bicyclic) bond motifs is 1. The van der Waals surface area contributed by atoms with Gasteiger partial charge < -0.3 is 4.90 Å². The highest BCUT2D eigenvalue weighted by atomic mass is 16.1. The second-order valence-electron chi connectivity index (χ2n) is 6.40. The van der Waals surface area contributed by atoms with Gasteiger partial charge in [0.05, 0.1) is 11.1 Å². The molecule has 26 heavy (non-hydrogen) atoms. The van der Waals surface area contributed by atoms with E-state index in [0.717, 1.165) is 54.5 Å². The van der Waals surface area contributed by atoms with E-state index in [1.54, 1.807) is 11.0 Å². The number of rotatable bonds is 8. The first-order valence-electron chi connectivity index (χ1n) is 9.00. The number of hydrogen-bond donors (Lipinski definition) is 1. The van der Waals surface area contributed by atoms with Crippen molar-refractivity contribution in [2.24, 2.45) is 0 Å². The Labute approximate surface area is 152 Å². The molecule has 0 radical (unpaired) electrons. The molecule has 0 aliphatic carbocycles. The standard InChI is InChI=1S/C21H23N3O2/c1-2-3-6-12-24(15-25)17-9-7-8-16(13-17)14-20-18-10-4-5-11-19(18)21(26)23-22-20/h4-5,7-11,13,15H,2-3,6,12,14H2,1H3,(H,23,26). The smallest absolute Gasteiger partial charge is 0.272 e. The van der Waals surface area contributed by atoms with Crippen molar-refractivity contribution in [2.75, 3.05) is 11.4 Å². The van der Waals surface area contributed by atoms with Gasteiger partial charge in [-0.05, 0) is 30.2 Å². The minimum atomic E-state index is -0.179. The summed E-state index contributed by atoms with van der Waals surface area (Å²) in [6.45, 7) is 2.87. The monoisotopic (exact) mass is 349 g/mol. The maximum atomic E-state index is 11.9. The minimum absolute atomic E-state index is 0.179. The molecule has 3 aromatic rings. The van der Waals surface area contributed by atoms with E-state index < -0.39 is 0 Å². The van der Waals surface area contributed by atoms with E-state index in [-0.39, 0.29) is 5.56 Å². The number of aromatic amines is 1. The quantitative estimate of drug-likeness (QED) is 0.498. The summed E-state index contributed by atoms with van der Waals surface area (Å²) < 4.78 is 0. The summed E-state index contributed by atoms with van der Waals surface area (Å²) in [6, 6.07) is 15.4. The van der Waals surface area contributed by atoms with Crippen molar-refractivity contribution >= 4 is 22.9 Å². The lowest BCUT2D eigenvalue weighted by Gasteiger charge is -2.18. The third kappa shape index (κ3) is 3.99. The third-order valence-corrected chi connectivity index (χ3v) is 4.52. The summed E-state index contributed by atoms with van der Waals surface area (Å²) >= 11 is 0. The van der Waals surface area contributed by atoms with Crippen LogP contribution in [0.1, 0.15) is 37.4 Å². The van der Waals surface area contributed by atoms with Crippen LogP contribution < -0.4 is 10.5 Å². The molecule has 1 amide bonds. The topological polar surface area (TPSA) is 66.1 Å². The number of anilines is 1. The molecule has 1 N–H and O–H groups in total. The lowest BCUT2D eigenvalue weighted by atomic mass is 10.0. The number of nitrogens with one attached hydrogen (secondary N) is 1. The molecule has 0 fully saturated rings. The molecular formula is C21H23N3O2. The van der Waals surface area contributed by atoms with Gasteiger partial charge in [-0.15, -0.1) is 0 Å². The molecule has 134 valence electrons. The van der Waals surface area contributed by atoms with Gasteiger partial charge >= 0.3 is 0 Å². The molecule has 0 aliphatic rings. The van der Waals surface area contributed by atoms with Crippen LogP contribution in [-0.4, -0.2) is 23.2 Å². The summed E-state index contributed by atoms with van der Waals surface area (Å²) in [6.07, 6.45) is 4.70. The molecule has 0 aliphatic heterocycles. The van der Waals surface area contributed by atoms with Crippen LogP contribution in [0.2, 0.25) is 0 Å². The van der Waals surface area contributed by atoms with E-state index >= 15 is 0 Å². The number of hydrogen-bond acceptors (Lipinski definition) is 3. The van der Waals surface area contributed by atoms with Crippen LogP contribution >= 0.6 is 0 Å². The predicted molar refractivity (Wildman–Crippen MR) is 105 cm³/mol. The zero-order valence-electron chi connectivity index (χ0n) is 14.9. The molecule has 1 aromatic heterocycles. The molecule has 1 heterocycles. The fourth-order valence-corrected chi connectivity index (χ4v) is 3.12. The average Bonchev–Trinajstić information content (AvgIpc) is 2.68. The van der Waals surface area contributed by atoms with Crippen molar-refractivity contribution in [2.45, 2.75) is 32.6 Å². The molecule has 0 saturated heterocycles. The highest BCUT2D eigenvalue weighted by Crippen LogP contribution is 2.20. The Morgan fingerprint density at radius 1 is 1.08 bits per heavy atom. The SMILES string of the molecule is CCCCCN(C=O)c1cccc(Cc2n[nH]c(=O)c3ccccc23)c1. The van der Waals surface area contributed by atoms with Gasteiger partial charge in [-0.25, -0.2) is 5.10 Å². The van der Waals surface area contributed by atoms with Crippen molar-refractivity contribution in [3.8, 4) is 0 Å². The molecular weight excluding hydrogens is 326 g/mol. The van der Waals surface area contributed by atoms with Gasteiger partial charge in [0, 0.05) is 24.0 Å². The summed E-state index contributed by atoms with van der Waals surface area (Å²) in [5, 5.41) is 8.31. The maximum Gasteiger partial charge on any atom is 0.272 e. The summed E-state index contributed by atoms with van der Waals surface area (Å²) in [5.41, 5.74) is 2.58. The first-order valence-corrected chi connectivity index (χ1v) is 9.00.